The molecule has 0 saturated carbocycles. The second-order valence-corrected chi connectivity index (χ2v) is 2.83. The van der Waals surface area contributed by atoms with E-state index in [4.69, 9.17) is 9.15 Å². The van der Waals surface area contributed by atoms with E-state index in [0.717, 1.165) is 13.2 Å². The lowest BCUT2D eigenvalue weighted by molar-refractivity contribution is -0.00661. The molecule has 1 fully saturated rings. The Morgan fingerprint density at radius 2 is 2.33 bits per heavy atom. The van der Waals surface area contributed by atoms with E-state index in [1.54, 1.807) is 6.92 Å². The number of hydrogen-bond donors (Lipinski definition) is 1. The highest BCUT2D eigenvalue weighted by atomic mass is 16.5. The van der Waals surface area contributed by atoms with Gasteiger partial charge in [-0.05, 0) is 0 Å². The van der Waals surface area contributed by atoms with Crippen molar-refractivity contribution in [3.8, 4) is 0 Å². The highest BCUT2D eigenvalue weighted by Gasteiger charge is 2.17. The zero-order valence-corrected chi connectivity index (χ0v) is 6.91. The fraction of sp³-hybridized carbons (Fsp3) is 0.714. The molecule has 2 rings (SSSR count). The van der Waals surface area contributed by atoms with Crippen molar-refractivity contribution in [1.29, 1.82) is 0 Å². The SMILES string of the molecule is Cc1nnc(CNC2COC2)o1. The predicted molar refractivity (Wildman–Crippen MR) is 40.5 cm³/mol. The molecule has 1 N–H and O–H groups in total. The highest BCUT2D eigenvalue weighted by Crippen LogP contribution is 2.02. The molecular formula is C7H11N3O2. The fourth-order valence-electron chi connectivity index (χ4n) is 0.994. The smallest absolute Gasteiger partial charge is 0.230 e. The maximum absolute atomic E-state index is 5.18. The van der Waals surface area contributed by atoms with Gasteiger partial charge in [-0.1, -0.05) is 0 Å². The molecule has 5 heteroatoms. The molecular weight excluding hydrogens is 158 g/mol. The van der Waals surface area contributed by atoms with Crippen LogP contribution in [0.3, 0.4) is 0 Å². The molecule has 5 nitrogen and oxygen atoms in total. The first-order chi connectivity index (χ1) is 5.84. The van der Waals surface area contributed by atoms with E-state index in [1.165, 1.54) is 0 Å². The number of aryl methyl sites for hydroxylation is 1. The van der Waals surface area contributed by atoms with Gasteiger partial charge in [0, 0.05) is 6.92 Å². The fourth-order valence-corrected chi connectivity index (χ4v) is 0.994. The van der Waals surface area contributed by atoms with Crippen LogP contribution in [0.1, 0.15) is 11.8 Å². The van der Waals surface area contributed by atoms with Crippen LogP contribution in [0.4, 0.5) is 0 Å². The number of hydrogen-bond acceptors (Lipinski definition) is 5. The number of nitrogens with zero attached hydrogens (tertiary/aromatic N) is 2. The molecule has 1 saturated heterocycles. The molecule has 0 bridgehead atoms. The number of nitrogens with one attached hydrogen (secondary N) is 1. The second kappa shape index (κ2) is 3.20. The van der Waals surface area contributed by atoms with Gasteiger partial charge in [0.05, 0.1) is 25.8 Å². The van der Waals surface area contributed by atoms with Crippen molar-refractivity contribution >= 4 is 0 Å². The van der Waals surface area contributed by atoms with Crippen LogP contribution < -0.4 is 5.32 Å². The summed E-state index contributed by atoms with van der Waals surface area (Å²) >= 11 is 0. The largest absolute Gasteiger partial charge is 0.424 e. The Bertz CT molecular complexity index is 257. The molecule has 1 aromatic heterocycles. The van der Waals surface area contributed by atoms with Crippen molar-refractivity contribution in [2.24, 2.45) is 0 Å². The van der Waals surface area contributed by atoms with Gasteiger partial charge in [0.1, 0.15) is 0 Å². The summed E-state index contributed by atoms with van der Waals surface area (Å²) in [6.45, 7) is 3.98. The van der Waals surface area contributed by atoms with E-state index in [2.05, 4.69) is 15.5 Å². The van der Waals surface area contributed by atoms with E-state index >= 15 is 0 Å². The summed E-state index contributed by atoms with van der Waals surface area (Å²) in [6.07, 6.45) is 0. The number of rotatable bonds is 3. The summed E-state index contributed by atoms with van der Waals surface area (Å²) in [5.74, 6) is 1.25. The third kappa shape index (κ3) is 1.62. The average Bonchev–Trinajstić information content (AvgIpc) is 2.32. The van der Waals surface area contributed by atoms with Crippen molar-refractivity contribution < 1.29 is 9.15 Å². The minimum atomic E-state index is 0.456. The van der Waals surface area contributed by atoms with E-state index in [1.807, 2.05) is 0 Å². The van der Waals surface area contributed by atoms with Crippen molar-refractivity contribution in [2.75, 3.05) is 13.2 Å². The Labute approximate surface area is 70.1 Å². The Morgan fingerprint density at radius 3 is 2.83 bits per heavy atom. The minimum absolute atomic E-state index is 0.456. The maximum atomic E-state index is 5.18. The molecule has 0 aromatic carbocycles. The van der Waals surface area contributed by atoms with E-state index in [9.17, 15) is 0 Å². The lowest BCUT2D eigenvalue weighted by Gasteiger charge is -2.26. The molecule has 1 aromatic rings. The molecule has 12 heavy (non-hydrogen) atoms. The van der Waals surface area contributed by atoms with Gasteiger partial charge in [-0.15, -0.1) is 10.2 Å². The van der Waals surface area contributed by atoms with Gasteiger partial charge in [-0.2, -0.15) is 0 Å². The standard InChI is InChI=1S/C7H11N3O2/c1-5-9-10-7(12-5)2-8-6-3-11-4-6/h6,8H,2-4H2,1H3. The zero-order chi connectivity index (χ0) is 8.39. The van der Waals surface area contributed by atoms with Crippen LogP contribution in [-0.4, -0.2) is 29.5 Å². The molecule has 1 aliphatic rings. The first kappa shape index (κ1) is 7.70. The highest BCUT2D eigenvalue weighted by molar-refractivity contribution is 4.81. The van der Waals surface area contributed by atoms with Gasteiger partial charge >= 0.3 is 0 Å². The lowest BCUT2D eigenvalue weighted by Crippen LogP contribution is -2.45. The molecule has 2 heterocycles. The molecule has 0 amide bonds. The molecule has 0 radical (unpaired) electrons. The van der Waals surface area contributed by atoms with Crippen LogP contribution in [0.15, 0.2) is 4.42 Å². The van der Waals surface area contributed by atoms with Crippen molar-refractivity contribution in [3.63, 3.8) is 0 Å². The quantitative estimate of drug-likeness (QED) is 0.682. The van der Waals surface area contributed by atoms with E-state index in [-0.39, 0.29) is 0 Å². The zero-order valence-electron chi connectivity index (χ0n) is 6.91. The van der Waals surface area contributed by atoms with Crippen LogP contribution in [-0.2, 0) is 11.3 Å². The monoisotopic (exact) mass is 169 g/mol. The van der Waals surface area contributed by atoms with Gasteiger partial charge in [-0.3, -0.25) is 0 Å². The van der Waals surface area contributed by atoms with Crippen LogP contribution in [0.25, 0.3) is 0 Å². The summed E-state index contributed by atoms with van der Waals surface area (Å²) in [4.78, 5) is 0. The predicted octanol–water partition coefficient (Wildman–Crippen LogP) is -0.134. The Balaban J connectivity index is 1.79. The van der Waals surface area contributed by atoms with E-state index in [0.29, 0.717) is 24.4 Å². The first-order valence-corrected chi connectivity index (χ1v) is 3.95. The molecule has 0 spiro atoms. The minimum Gasteiger partial charge on any atom is -0.424 e. The van der Waals surface area contributed by atoms with Gasteiger partial charge in [0.15, 0.2) is 0 Å². The topological polar surface area (TPSA) is 60.2 Å². The summed E-state index contributed by atoms with van der Waals surface area (Å²) in [5, 5.41) is 10.8. The Morgan fingerprint density at radius 1 is 1.50 bits per heavy atom. The molecule has 1 aliphatic heterocycles. The summed E-state index contributed by atoms with van der Waals surface area (Å²) in [6, 6.07) is 0.456. The maximum Gasteiger partial charge on any atom is 0.230 e. The number of ether oxygens (including phenoxy) is 1. The van der Waals surface area contributed by atoms with Crippen LogP contribution in [0.2, 0.25) is 0 Å². The second-order valence-electron chi connectivity index (χ2n) is 2.83. The van der Waals surface area contributed by atoms with Crippen molar-refractivity contribution in [3.05, 3.63) is 11.8 Å². The normalized spacial score (nSPS) is 17.8. The summed E-state index contributed by atoms with van der Waals surface area (Å²) in [7, 11) is 0. The van der Waals surface area contributed by atoms with Gasteiger partial charge < -0.3 is 14.5 Å². The molecule has 66 valence electrons. The van der Waals surface area contributed by atoms with Crippen LogP contribution in [0, 0.1) is 6.92 Å². The lowest BCUT2D eigenvalue weighted by atomic mass is 10.2. The van der Waals surface area contributed by atoms with Gasteiger partial charge in [0.2, 0.25) is 11.8 Å². The van der Waals surface area contributed by atoms with Crippen LogP contribution >= 0.6 is 0 Å². The molecule has 0 aliphatic carbocycles. The summed E-state index contributed by atoms with van der Waals surface area (Å²) in [5.41, 5.74) is 0. The van der Waals surface area contributed by atoms with Gasteiger partial charge in [-0.25, -0.2) is 0 Å². The Kier molecular flexibility index (Phi) is 2.05. The third-order valence-electron chi connectivity index (χ3n) is 1.75. The Hall–Kier alpha value is -0.940. The third-order valence-corrected chi connectivity index (χ3v) is 1.75. The average molecular weight is 169 g/mol. The van der Waals surface area contributed by atoms with Crippen molar-refractivity contribution in [2.45, 2.75) is 19.5 Å². The van der Waals surface area contributed by atoms with Crippen molar-refractivity contribution in [1.82, 2.24) is 15.5 Å². The first-order valence-electron chi connectivity index (χ1n) is 3.95. The summed E-state index contributed by atoms with van der Waals surface area (Å²) < 4.78 is 10.2. The van der Waals surface area contributed by atoms with Crippen LogP contribution in [0.5, 0.6) is 0 Å². The van der Waals surface area contributed by atoms with E-state index < -0.39 is 0 Å². The van der Waals surface area contributed by atoms with Gasteiger partial charge in [0.25, 0.3) is 0 Å². The molecule has 0 unspecified atom stereocenters. The number of aromatic nitrogens is 2. The molecule has 0 atom stereocenters.